The summed E-state index contributed by atoms with van der Waals surface area (Å²) in [6.07, 6.45) is 0.0000476. The fourth-order valence-electron chi connectivity index (χ4n) is 2.78. The first-order valence-corrected chi connectivity index (χ1v) is 8.56. The van der Waals surface area contributed by atoms with Gasteiger partial charge >= 0.3 is 5.97 Å². The molecule has 0 aromatic heterocycles. The number of rotatable bonds is 6. The topological polar surface area (TPSA) is 73.9 Å². The van der Waals surface area contributed by atoms with Gasteiger partial charge in [-0.1, -0.05) is 18.2 Å². The zero-order valence-corrected chi connectivity index (χ0v) is 14.9. The molecule has 0 aliphatic carbocycles. The molecule has 27 heavy (non-hydrogen) atoms. The van der Waals surface area contributed by atoms with Crippen molar-refractivity contribution in [1.29, 1.82) is 0 Å². The van der Waals surface area contributed by atoms with Gasteiger partial charge in [-0.2, -0.15) is 0 Å². The van der Waals surface area contributed by atoms with E-state index >= 15 is 0 Å². The van der Waals surface area contributed by atoms with Crippen LogP contribution in [0.2, 0.25) is 0 Å². The van der Waals surface area contributed by atoms with Gasteiger partial charge in [-0.15, -0.1) is 0 Å². The number of esters is 1. The average Bonchev–Trinajstić information content (AvgIpc) is 2.66. The van der Waals surface area contributed by atoms with Crippen LogP contribution in [0.4, 0.5) is 4.39 Å². The molecule has 1 aliphatic rings. The molecule has 0 radical (unpaired) electrons. The van der Waals surface area contributed by atoms with Crippen molar-refractivity contribution >= 4 is 11.9 Å². The molecule has 142 valence electrons. The minimum absolute atomic E-state index is 0.0000476. The summed E-state index contributed by atoms with van der Waals surface area (Å²) in [5.41, 5.74) is 1.54. The second-order valence-corrected chi connectivity index (χ2v) is 6.27. The first-order valence-electron chi connectivity index (χ1n) is 8.56. The van der Waals surface area contributed by atoms with Gasteiger partial charge in [0.25, 0.3) is 5.91 Å². The number of benzene rings is 2. The Morgan fingerprint density at radius 3 is 2.81 bits per heavy atom. The Morgan fingerprint density at radius 1 is 1.26 bits per heavy atom. The Kier molecular flexibility index (Phi) is 6.03. The molecule has 1 unspecified atom stereocenters. The van der Waals surface area contributed by atoms with Crippen LogP contribution in [0.5, 0.6) is 5.75 Å². The largest absolute Gasteiger partial charge is 0.467 e. The highest BCUT2D eigenvalue weighted by Gasteiger charge is 2.19. The van der Waals surface area contributed by atoms with E-state index in [4.69, 9.17) is 14.2 Å². The number of fused-ring (bicyclic) bond motifs is 1. The minimum atomic E-state index is -0.499. The normalized spacial score (nSPS) is 13.9. The zero-order valence-electron chi connectivity index (χ0n) is 14.9. The Hall–Kier alpha value is -2.93. The first kappa shape index (κ1) is 18.8. The van der Waals surface area contributed by atoms with Crippen molar-refractivity contribution < 1.29 is 28.2 Å². The van der Waals surface area contributed by atoms with E-state index in [0.717, 1.165) is 0 Å². The van der Waals surface area contributed by atoms with Crippen LogP contribution in [-0.2, 0) is 27.5 Å². The Morgan fingerprint density at radius 2 is 2.04 bits per heavy atom. The van der Waals surface area contributed by atoms with Crippen LogP contribution in [0.25, 0.3) is 0 Å². The molecule has 0 saturated carbocycles. The minimum Gasteiger partial charge on any atom is -0.467 e. The van der Waals surface area contributed by atoms with Crippen molar-refractivity contribution in [3.8, 4) is 5.75 Å². The zero-order chi connectivity index (χ0) is 19.2. The second-order valence-electron chi connectivity index (χ2n) is 6.27. The van der Waals surface area contributed by atoms with E-state index in [0.29, 0.717) is 22.4 Å². The van der Waals surface area contributed by atoms with E-state index in [2.05, 4.69) is 5.32 Å². The smallest absolute Gasteiger partial charge is 0.308 e. The number of nitrogens with one attached hydrogen (secondary N) is 1. The Labute approximate surface area is 156 Å². The van der Waals surface area contributed by atoms with Crippen LogP contribution in [0.1, 0.15) is 34.8 Å². The Bertz CT molecular complexity index is 825. The number of halogens is 1. The lowest BCUT2D eigenvalue weighted by Crippen LogP contribution is -2.34. The molecule has 1 N–H and O–H groups in total. The van der Waals surface area contributed by atoms with Crippen LogP contribution < -0.4 is 10.1 Å². The maximum Gasteiger partial charge on any atom is 0.308 e. The van der Waals surface area contributed by atoms with Gasteiger partial charge in [-0.25, -0.2) is 4.39 Å². The van der Waals surface area contributed by atoms with Gasteiger partial charge in [0, 0.05) is 22.7 Å². The maximum atomic E-state index is 13.7. The summed E-state index contributed by atoms with van der Waals surface area (Å²) in [4.78, 5) is 24.1. The molecule has 3 rings (SSSR count). The van der Waals surface area contributed by atoms with Crippen molar-refractivity contribution in [3.63, 3.8) is 0 Å². The van der Waals surface area contributed by atoms with Gasteiger partial charge in [-0.05, 0) is 31.2 Å². The van der Waals surface area contributed by atoms with Crippen LogP contribution >= 0.6 is 0 Å². The highest BCUT2D eigenvalue weighted by molar-refractivity contribution is 5.94. The Balaban J connectivity index is 1.53. The highest BCUT2D eigenvalue weighted by Crippen LogP contribution is 2.30. The molecule has 2 aromatic rings. The third-order valence-electron chi connectivity index (χ3n) is 4.03. The molecule has 0 bridgehead atoms. The van der Waals surface area contributed by atoms with Gasteiger partial charge in [0.05, 0.1) is 13.0 Å². The van der Waals surface area contributed by atoms with Crippen LogP contribution in [0.15, 0.2) is 42.5 Å². The van der Waals surface area contributed by atoms with E-state index in [1.807, 2.05) is 6.07 Å². The fraction of sp³-hybridized carbons (Fsp3) is 0.300. The summed E-state index contributed by atoms with van der Waals surface area (Å²) in [7, 11) is 0. The lowest BCUT2D eigenvalue weighted by molar-refractivity contribution is -0.145. The number of amides is 1. The van der Waals surface area contributed by atoms with E-state index in [1.165, 1.54) is 12.1 Å². The molecule has 1 amide bonds. The molecule has 0 fully saturated rings. The molecule has 0 spiro atoms. The van der Waals surface area contributed by atoms with Crippen molar-refractivity contribution in [1.82, 2.24) is 5.32 Å². The molecule has 7 heteroatoms. The second kappa shape index (κ2) is 8.64. The van der Waals surface area contributed by atoms with Crippen LogP contribution in [0.3, 0.4) is 0 Å². The number of carbonyl (C=O) groups is 2. The molecule has 2 aromatic carbocycles. The summed E-state index contributed by atoms with van der Waals surface area (Å²) in [5, 5.41) is 2.74. The maximum absolute atomic E-state index is 13.7. The summed E-state index contributed by atoms with van der Waals surface area (Å²) in [6, 6.07) is 10.9. The van der Waals surface area contributed by atoms with Crippen LogP contribution in [-0.4, -0.2) is 24.7 Å². The van der Waals surface area contributed by atoms with Gasteiger partial charge in [0.1, 0.15) is 18.2 Å². The molecule has 6 nitrogen and oxygen atoms in total. The molecular weight excluding hydrogens is 353 g/mol. The van der Waals surface area contributed by atoms with Crippen LogP contribution in [0, 0.1) is 5.82 Å². The van der Waals surface area contributed by atoms with E-state index in [-0.39, 0.29) is 32.3 Å². The average molecular weight is 373 g/mol. The summed E-state index contributed by atoms with van der Waals surface area (Å²) < 4.78 is 29.4. The third-order valence-corrected chi connectivity index (χ3v) is 4.03. The number of hydrogen-bond acceptors (Lipinski definition) is 5. The monoisotopic (exact) mass is 373 g/mol. The lowest BCUT2D eigenvalue weighted by atomic mass is 10.1. The number of ether oxygens (including phenoxy) is 3. The van der Waals surface area contributed by atoms with E-state index in [9.17, 15) is 14.0 Å². The predicted molar refractivity (Wildman–Crippen MR) is 94.5 cm³/mol. The standard InChI is InChI=1S/C20H20FNO5/c1-13(22-20(24)14-5-3-2-4-6-14)7-18(23)26-11-16-9-17(21)8-15-10-25-12-27-19(15)16/h2-6,8-9,13H,7,10-12H2,1H3,(H,22,24). The molecule has 1 aliphatic heterocycles. The van der Waals surface area contributed by atoms with Gasteiger partial charge in [0.15, 0.2) is 6.79 Å². The quantitative estimate of drug-likeness (QED) is 0.788. The summed E-state index contributed by atoms with van der Waals surface area (Å²) >= 11 is 0. The van der Waals surface area contributed by atoms with E-state index < -0.39 is 17.8 Å². The van der Waals surface area contributed by atoms with Crippen molar-refractivity contribution in [2.75, 3.05) is 6.79 Å². The highest BCUT2D eigenvalue weighted by atomic mass is 19.1. The third kappa shape index (κ3) is 5.04. The molecule has 1 heterocycles. The van der Waals surface area contributed by atoms with Gasteiger partial charge < -0.3 is 19.5 Å². The van der Waals surface area contributed by atoms with Gasteiger partial charge in [0.2, 0.25) is 0 Å². The van der Waals surface area contributed by atoms with Crippen molar-refractivity contribution in [3.05, 3.63) is 65.0 Å². The van der Waals surface area contributed by atoms with Gasteiger partial charge in [-0.3, -0.25) is 9.59 Å². The predicted octanol–water partition coefficient (Wildman–Crippen LogP) is 2.94. The first-order chi connectivity index (χ1) is 13.0. The van der Waals surface area contributed by atoms with E-state index in [1.54, 1.807) is 31.2 Å². The molecular formula is C20H20FNO5. The molecule has 0 saturated heterocycles. The molecule has 1 atom stereocenters. The number of carbonyl (C=O) groups excluding carboxylic acids is 2. The lowest BCUT2D eigenvalue weighted by Gasteiger charge is -2.21. The fourth-order valence-corrected chi connectivity index (χ4v) is 2.78. The summed E-state index contributed by atoms with van der Waals surface area (Å²) in [6.45, 7) is 1.92. The summed E-state index contributed by atoms with van der Waals surface area (Å²) in [5.74, 6) is -0.720. The van der Waals surface area contributed by atoms with Crippen molar-refractivity contribution in [2.45, 2.75) is 32.6 Å². The number of hydrogen-bond donors (Lipinski definition) is 1. The SMILES string of the molecule is CC(CC(=O)OCc1cc(F)cc2c1OCOC2)NC(=O)c1ccccc1. The van der Waals surface area contributed by atoms with Crippen molar-refractivity contribution in [2.24, 2.45) is 0 Å².